The second kappa shape index (κ2) is 6.31. The Morgan fingerprint density at radius 1 is 1.35 bits per heavy atom. The van der Waals surface area contributed by atoms with Gasteiger partial charge in [-0.25, -0.2) is 4.79 Å². The first-order valence-corrected chi connectivity index (χ1v) is 7.40. The third kappa shape index (κ3) is 2.82. The van der Waals surface area contributed by atoms with Gasteiger partial charge >= 0.3 is 5.97 Å². The number of thiol groups is 1. The summed E-state index contributed by atoms with van der Waals surface area (Å²) >= 11 is 4.15. The maximum absolute atomic E-state index is 12.5. The van der Waals surface area contributed by atoms with Gasteiger partial charge in [0.15, 0.2) is 0 Å². The Kier molecular flexibility index (Phi) is 4.70. The number of hydrogen-bond donors (Lipinski definition) is 2. The fourth-order valence-electron chi connectivity index (χ4n) is 2.70. The summed E-state index contributed by atoms with van der Waals surface area (Å²) in [6.45, 7) is 1.79. The Morgan fingerprint density at radius 3 is 2.55 bits per heavy atom. The molecule has 2 unspecified atom stereocenters. The van der Waals surface area contributed by atoms with E-state index in [0.29, 0.717) is 18.6 Å². The minimum atomic E-state index is -0.928. The van der Waals surface area contributed by atoms with E-state index in [1.165, 1.54) is 0 Å². The normalized spacial score (nSPS) is 23.6. The summed E-state index contributed by atoms with van der Waals surface area (Å²) < 4.78 is 0. The number of hydrogen-bond acceptors (Lipinski definition) is 3. The highest BCUT2D eigenvalue weighted by Gasteiger charge is 2.42. The zero-order valence-electron chi connectivity index (χ0n) is 11.4. The lowest BCUT2D eigenvalue weighted by Crippen LogP contribution is -2.44. The fourth-order valence-corrected chi connectivity index (χ4v) is 2.85. The van der Waals surface area contributed by atoms with Gasteiger partial charge in [-0.2, -0.15) is 12.6 Å². The van der Waals surface area contributed by atoms with Crippen LogP contribution in [0.3, 0.4) is 0 Å². The molecular weight excluding hydrogens is 274 g/mol. The van der Waals surface area contributed by atoms with E-state index in [1.54, 1.807) is 11.8 Å². The van der Waals surface area contributed by atoms with Gasteiger partial charge in [-0.15, -0.1) is 0 Å². The van der Waals surface area contributed by atoms with E-state index in [4.69, 9.17) is 0 Å². The quantitative estimate of drug-likeness (QED) is 0.838. The van der Waals surface area contributed by atoms with Crippen LogP contribution in [-0.4, -0.2) is 33.7 Å². The van der Waals surface area contributed by atoms with E-state index in [1.807, 2.05) is 30.3 Å². The molecule has 0 bridgehead atoms. The highest BCUT2D eigenvalue weighted by molar-refractivity contribution is 7.80. The molecule has 0 aliphatic carbocycles. The number of aliphatic carboxylic acids is 1. The van der Waals surface area contributed by atoms with E-state index in [-0.39, 0.29) is 17.9 Å². The number of rotatable bonds is 4. The molecule has 1 aliphatic rings. The maximum Gasteiger partial charge on any atom is 0.326 e. The Hall–Kier alpha value is -1.49. The number of amides is 1. The molecule has 1 saturated heterocycles. The van der Waals surface area contributed by atoms with Crippen LogP contribution in [0, 0.1) is 5.92 Å². The van der Waals surface area contributed by atoms with Crippen LogP contribution in [-0.2, 0) is 9.59 Å². The van der Waals surface area contributed by atoms with Crippen LogP contribution in [0.4, 0.5) is 0 Å². The van der Waals surface area contributed by atoms with Crippen molar-refractivity contribution in [1.82, 2.24) is 4.90 Å². The Balaban J connectivity index is 2.32. The first-order valence-electron chi connectivity index (χ1n) is 6.77. The summed E-state index contributed by atoms with van der Waals surface area (Å²) in [6, 6.07) is 8.75. The zero-order valence-corrected chi connectivity index (χ0v) is 12.3. The smallest absolute Gasteiger partial charge is 0.326 e. The number of carboxylic acid groups (broad SMARTS) is 1. The molecule has 2 rings (SSSR count). The van der Waals surface area contributed by atoms with Crippen LogP contribution in [0.25, 0.3) is 0 Å². The minimum Gasteiger partial charge on any atom is -0.480 e. The van der Waals surface area contributed by atoms with Gasteiger partial charge in [0, 0.05) is 11.7 Å². The van der Waals surface area contributed by atoms with Gasteiger partial charge in [-0.1, -0.05) is 37.3 Å². The first-order chi connectivity index (χ1) is 9.56. The number of benzene rings is 1. The third-order valence-corrected chi connectivity index (χ3v) is 4.35. The highest BCUT2D eigenvalue weighted by Crippen LogP contribution is 2.37. The summed E-state index contributed by atoms with van der Waals surface area (Å²) in [6.07, 6.45) is 1.19. The molecule has 3 atom stereocenters. The first kappa shape index (κ1) is 14.9. The molecule has 0 saturated carbocycles. The SMILES string of the molecule is CC(CS)C(=O)N1C(c2ccccc2)CC[C@H]1C(=O)O. The van der Waals surface area contributed by atoms with Crippen molar-refractivity contribution in [2.75, 3.05) is 5.75 Å². The van der Waals surface area contributed by atoms with Gasteiger partial charge in [0.25, 0.3) is 0 Å². The standard InChI is InChI=1S/C15H19NO3S/c1-10(9-20)14(17)16-12(7-8-13(16)15(18)19)11-5-3-2-4-6-11/h2-6,10,12-13,20H,7-9H2,1H3,(H,18,19)/t10?,12?,13-/m0/s1. The molecule has 5 heteroatoms. The maximum atomic E-state index is 12.5. The van der Waals surface area contributed by atoms with Crippen molar-refractivity contribution >= 4 is 24.5 Å². The average Bonchev–Trinajstić information content (AvgIpc) is 2.91. The van der Waals surface area contributed by atoms with E-state index in [2.05, 4.69) is 12.6 Å². The molecule has 1 N–H and O–H groups in total. The zero-order chi connectivity index (χ0) is 14.7. The number of nitrogens with zero attached hydrogens (tertiary/aromatic N) is 1. The van der Waals surface area contributed by atoms with Gasteiger partial charge in [-0.05, 0) is 18.4 Å². The highest BCUT2D eigenvalue weighted by atomic mass is 32.1. The molecule has 20 heavy (non-hydrogen) atoms. The van der Waals surface area contributed by atoms with E-state index < -0.39 is 12.0 Å². The Labute approximate surface area is 124 Å². The Bertz CT molecular complexity index is 491. The number of carboxylic acids is 1. The largest absolute Gasteiger partial charge is 0.480 e. The Morgan fingerprint density at radius 2 is 2.00 bits per heavy atom. The van der Waals surface area contributed by atoms with Crippen LogP contribution in [0.1, 0.15) is 31.4 Å². The average molecular weight is 293 g/mol. The summed E-state index contributed by atoms with van der Waals surface area (Å²) in [5.41, 5.74) is 0.996. The summed E-state index contributed by atoms with van der Waals surface area (Å²) in [5, 5.41) is 9.34. The molecule has 1 heterocycles. The van der Waals surface area contributed by atoms with Crippen LogP contribution >= 0.6 is 12.6 Å². The molecular formula is C15H19NO3S. The lowest BCUT2D eigenvalue weighted by atomic mass is 10.0. The monoisotopic (exact) mass is 293 g/mol. The predicted octanol–water partition coefficient (Wildman–Crippen LogP) is 2.37. The molecule has 1 aromatic rings. The minimum absolute atomic E-state index is 0.126. The van der Waals surface area contributed by atoms with Crippen molar-refractivity contribution in [2.24, 2.45) is 5.92 Å². The molecule has 108 valence electrons. The van der Waals surface area contributed by atoms with Crippen molar-refractivity contribution in [2.45, 2.75) is 31.8 Å². The van der Waals surface area contributed by atoms with Crippen LogP contribution in [0.2, 0.25) is 0 Å². The van der Waals surface area contributed by atoms with Crippen molar-refractivity contribution in [3.05, 3.63) is 35.9 Å². The molecule has 1 aliphatic heterocycles. The van der Waals surface area contributed by atoms with Crippen molar-refractivity contribution in [3.8, 4) is 0 Å². The van der Waals surface area contributed by atoms with Crippen LogP contribution < -0.4 is 0 Å². The van der Waals surface area contributed by atoms with Crippen LogP contribution in [0.15, 0.2) is 30.3 Å². The van der Waals surface area contributed by atoms with Gasteiger partial charge in [0.05, 0.1) is 6.04 Å². The van der Waals surface area contributed by atoms with Gasteiger partial charge < -0.3 is 10.0 Å². The van der Waals surface area contributed by atoms with Crippen molar-refractivity contribution in [1.29, 1.82) is 0 Å². The summed E-state index contributed by atoms with van der Waals surface area (Å²) in [4.78, 5) is 25.4. The van der Waals surface area contributed by atoms with Gasteiger partial charge in [-0.3, -0.25) is 4.79 Å². The summed E-state index contributed by atoms with van der Waals surface area (Å²) in [5.74, 6) is -0.908. The molecule has 0 spiro atoms. The van der Waals surface area contributed by atoms with E-state index in [0.717, 1.165) is 5.56 Å². The number of carbonyl (C=O) groups excluding carboxylic acids is 1. The van der Waals surface area contributed by atoms with E-state index >= 15 is 0 Å². The number of carbonyl (C=O) groups is 2. The van der Waals surface area contributed by atoms with Crippen molar-refractivity contribution < 1.29 is 14.7 Å². The lowest BCUT2D eigenvalue weighted by Gasteiger charge is -2.30. The molecule has 0 aromatic heterocycles. The third-order valence-electron chi connectivity index (χ3n) is 3.80. The number of likely N-dealkylation sites (tertiary alicyclic amines) is 1. The molecule has 1 fully saturated rings. The predicted molar refractivity (Wildman–Crippen MR) is 79.7 cm³/mol. The second-order valence-electron chi connectivity index (χ2n) is 5.19. The van der Waals surface area contributed by atoms with Gasteiger partial charge in [0.2, 0.25) is 5.91 Å². The van der Waals surface area contributed by atoms with E-state index in [9.17, 15) is 14.7 Å². The molecule has 0 radical (unpaired) electrons. The second-order valence-corrected chi connectivity index (χ2v) is 5.55. The molecule has 4 nitrogen and oxygen atoms in total. The fraction of sp³-hybridized carbons (Fsp3) is 0.467. The topological polar surface area (TPSA) is 57.6 Å². The summed E-state index contributed by atoms with van der Waals surface area (Å²) in [7, 11) is 0. The van der Waals surface area contributed by atoms with Crippen molar-refractivity contribution in [3.63, 3.8) is 0 Å². The molecule has 1 amide bonds. The van der Waals surface area contributed by atoms with Gasteiger partial charge in [0.1, 0.15) is 6.04 Å². The van der Waals surface area contributed by atoms with Crippen LogP contribution in [0.5, 0.6) is 0 Å². The lowest BCUT2D eigenvalue weighted by molar-refractivity contribution is -0.151. The molecule has 1 aromatic carbocycles.